The maximum Gasteiger partial charge on any atom is 0.250 e. The molecule has 2 heterocycles. The Kier molecular flexibility index (Phi) is 4.06. The van der Waals surface area contributed by atoms with Crippen LogP contribution in [0, 0.1) is 0 Å². The second-order valence-corrected chi connectivity index (χ2v) is 4.55. The number of benzene rings is 1. The van der Waals surface area contributed by atoms with Crippen molar-refractivity contribution >= 4 is 17.9 Å². The smallest absolute Gasteiger partial charge is 0.250 e. The van der Waals surface area contributed by atoms with Crippen LogP contribution in [0.2, 0.25) is 0 Å². The van der Waals surface area contributed by atoms with E-state index in [1.54, 1.807) is 24.5 Å². The molecule has 5 heteroatoms. The molecular formula is C17H13N3O2. The van der Waals surface area contributed by atoms with Gasteiger partial charge in [-0.05, 0) is 23.8 Å². The molecule has 0 unspecified atom stereocenters. The molecule has 2 aromatic heterocycles. The third-order valence-corrected chi connectivity index (χ3v) is 2.96. The quantitative estimate of drug-likeness (QED) is 0.748. The predicted molar refractivity (Wildman–Crippen MR) is 83.8 cm³/mol. The van der Waals surface area contributed by atoms with Crippen LogP contribution in [0.1, 0.15) is 5.56 Å². The number of nitrogens with zero attached hydrogens (tertiary/aromatic N) is 2. The molecule has 0 aliphatic rings. The van der Waals surface area contributed by atoms with E-state index in [2.05, 4.69) is 15.5 Å². The van der Waals surface area contributed by atoms with Crippen LogP contribution in [0.4, 0.5) is 5.88 Å². The van der Waals surface area contributed by atoms with Crippen LogP contribution in [-0.4, -0.2) is 16.0 Å². The Morgan fingerprint density at radius 1 is 1.09 bits per heavy atom. The number of nitrogens with one attached hydrogen (secondary N) is 1. The number of anilines is 1. The monoisotopic (exact) mass is 291 g/mol. The molecule has 0 fully saturated rings. The van der Waals surface area contributed by atoms with E-state index in [1.165, 1.54) is 6.08 Å². The number of carbonyl (C=O) groups is 1. The molecule has 0 saturated carbocycles. The highest BCUT2D eigenvalue weighted by Gasteiger charge is 2.07. The maximum atomic E-state index is 11.8. The lowest BCUT2D eigenvalue weighted by atomic mass is 10.2. The first-order valence-corrected chi connectivity index (χ1v) is 6.72. The van der Waals surface area contributed by atoms with Crippen LogP contribution < -0.4 is 5.32 Å². The van der Waals surface area contributed by atoms with E-state index in [4.69, 9.17) is 4.52 Å². The SMILES string of the molecule is O=C(/C=C/c1ccccc1)Nc1cc(-c2ccncc2)no1. The van der Waals surface area contributed by atoms with Gasteiger partial charge in [0, 0.05) is 30.1 Å². The zero-order valence-electron chi connectivity index (χ0n) is 11.6. The summed E-state index contributed by atoms with van der Waals surface area (Å²) in [5.74, 6) is 0.0239. The van der Waals surface area contributed by atoms with Crippen LogP contribution in [0.25, 0.3) is 17.3 Å². The lowest BCUT2D eigenvalue weighted by Gasteiger charge is -1.95. The van der Waals surface area contributed by atoms with Crippen molar-refractivity contribution in [1.82, 2.24) is 10.1 Å². The fourth-order valence-electron chi connectivity index (χ4n) is 1.89. The Hall–Kier alpha value is -3.21. The highest BCUT2D eigenvalue weighted by molar-refractivity contribution is 6.01. The molecule has 3 rings (SSSR count). The first kappa shape index (κ1) is 13.8. The number of amides is 1. The average molecular weight is 291 g/mol. The van der Waals surface area contributed by atoms with Crippen LogP contribution in [-0.2, 0) is 4.79 Å². The summed E-state index contributed by atoms with van der Waals surface area (Å²) in [5, 5.41) is 6.55. The van der Waals surface area contributed by atoms with Crippen molar-refractivity contribution in [1.29, 1.82) is 0 Å². The fraction of sp³-hybridized carbons (Fsp3) is 0. The lowest BCUT2D eigenvalue weighted by Crippen LogP contribution is -2.06. The Morgan fingerprint density at radius 2 is 1.86 bits per heavy atom. The first-order valence-electron chi connectivity index (χ1n) is 6.72. The van der Waals surface area contributed by atoms with Crippen LogP contribution in [0.15, 0.2) is 71.5 Å². The topological polar surface area (TPSA) is 68.0 Å². The number of pyridine rings is 1. The fourth-order valence-corrected chi connectivity index (χ4v) is 1.89. The van der Waals surface area contributed by atoms with Crippen molar-refractivity contribution in [2.45, 2.75) is 0 Å². The summed E-state index contributed by atoms with van der Waals surface area (Å²) in [7, 11) is 0. The van der Waals surface area contributed by atoms with Crippen molar-refractivity contribution in [3.05, 3.63) is 72.6 Å². The van der Waals surface area contributed by atoms with Gasteiger partial charge in [0.1, 0.15) is 5.69 Å². The van der Waals surface area contributed by atoms with E-state index < -0.39 is 0 Å². The summed E-state index contributed by atoms with van der Waals surface area (Å²) in [6.45, 7) is 0. The molecule has 0 saturated heterocycles. The molecule has 108 valence electrons. The van der Waals surface area contributed by atoms with Crippen LogP contribution >= 0.6 is 0 Å². The normalized spacial score (nSPS) is 10.7. The van der Waals surface area contributed by atoms with Crippen molar-refractivity contribution < 1.29 is 9.32 Å². The zero-order valence-corrected chi connectivity index (χ0v) is 11.6. The largest absolute Gasteiger partial charge is 0.338 e. The summed E-state index contributed by atoms with van der Waals surface area (Å²) in [4.78, 5) is 15.8. The molecule has 0 radical (unpaired) electrons. The Bertz CT molecular complexity index is 780. The molecule has 0 aliphatic heterocycles. The van der Waals surface area contributed by atoms with Gasteiger partial charge >= 0.3 is 0 Å². The molecule has 22 heavy (non-hydrogen) atoms. The van der Waals surface area contributed by atoms with Gasteiger partial charge in [0.25, 0.3) is 5.91 Å². The molecular weight excluding hydrogens is 278 g/mol. The van der Waals surface area contributed by atoms with E-state index in [9.17, 15) is 4.79 Å². The summed E-state index contributed by atoms with van der Waals surface area (Å²) in [6.07, 6.45) is 6.52. The molecule has 0 atom stereocenters. The van der Waals surface area contributed by atoms with Gasteiger partial charge in [0.2, 0.25) is 5.88 Å². The van der Waals surface area contributed by atoms with Crippen LogP contribution in [0.3, 0.4) is 0 Å². The molecule has 5 nitrogen and oxygen atoms in total. The minimum Gasteiger partial charge on any atom is -0.338 e. The van der Waals surface area contributed by atoms with E-state index in [1.807, 2.05) is 42.5 Å². The summed E-state index contributed by atoms with van der Waals surface area (Å²) >= 11 is 0. The van der Waals surface area contributed by atoms with Gasteiger partial charge in [-0.2, -0.15) is 0 Å². The standard InChI is InChI=1S/C17H13N3O2/c21-16(7-6-13-4-2-1-3-5-13)19-17-12-15(20-22-17)14-8-10-18-11-9-14/h1-12H,(H,19,21)/b7-6+. The van der Waals surface area contributed by atoms with E-state index in [0.29, 0.717) is 11.6 Å². The molecule has 0 spiro atoms. The van der Waals surface area contributed by atoms with Crippen molar-refractivity contribution in [3.63, 3.8) is 0 Å². The summed E-state index contributed by atoms with van der Waals surface area (Å²) < 4.78 is 5.11. The third kappa shape index (κ3) is 3.46. The predicted octanol–water partition coefficient (Wildman–Crippen LogP) is 3.39. The second-order valence-electron chi connectivity index (χ2n) is 4.55. The number of aromatic nitrogens is 2. The Morgan fingerprint density at radius 3 is 2.64 bits per heavy atom. The van der Waals surface area contributed by atoms with Gasteiger partial charge in [-0.25, -0.2) is 0 Å². The van der Waals surface area contributed by atoms with Gasteiger partial charge in [0.05, 0.1) is 0 Å². The minimum atomic E-state index is -0.277. The number of carbonyl (C=O) groups excluding carboxylic acids is 1. The van der Waals surface area contributed by atoms with Gasteiger partial charge in [-0.15, -0.1) is 0 Å². The Balaban J connectivity index is 1.65. The molecule has 0 bridgehead atoms. The molecule has 1 amide bonds. The van der Waals surface area contributed by atoms with Crippen molar-refractivity contribution in [2.75, 3.05) is 5.32 Å². The van der Waals surface area contributed by atoms with E-state index in [0.717, 1.165) is 11.1 Å². The van der Waals surface area contributed by atoms with Crippen LogP contribution in [0.5, 0.6) is 0 Å². The first-order chi connectivity index (χ1) is 10.8. The highest BCUT2D eigenvalue weighted by Crippen LogP contribution is 2.20. The zero-order chi connectivity index (χ0) is 15.2. The lowest BCUT2D eigenvalue weighted by molar-refractivity contribution is -0.112. The van der Waals surface area contributed by atoms with Gasteiger partial charge in [0.15, 0.2) is 0 Å². The molecule has 1 aromatic carbocycles. The highest BCUT2D eigenvalue weighted by atomic mass is 16.5. The van der Waals surface area contributed by atoms with Gasteiger partial charge in [-0.3, -0.25) is 15.1 Å². The third-order valence-electron chi connectivity index (χ3n) is 2.96. The average Bonchev–Trinajstić information content (AvgIpc) is 3.03. The van der Waals surface area contributed by atoms with Crippen molar-refractivity contribution in [3.8, 4) is 11.3 Å². The van der Waals surface area contributed by atoms with E-state index >= 15 is 0 Å². The van der Waals surface area contributed by atoms with E-state index in [-0.39, 0.29) is 5.91 Å². The molecule has 0 aliphatic carbocycles. The Labute approximate surface area is 127 Å². The number of rotatable bonds is 4. The van der Waals surface area contributed by atoms with Gasteiger partial charge < -0.3 is 4.52 Å². The second kappa shape index (κ2) is 6.49. The summed E-state index contributed by atoms with van der Waals surface area (Å²) in [5.41, 5.74) is 2.47. The van der Waals surface area contributed by atoms with Crippen molar-refractivity contribution in [2.24, 2.45) is 0 Å². The summed E-state index contributed by atoms with van der Waals surface area (Å²) in [6, 6.07) is 14.9. The van der Waals surface area contributed by atoms with Gasteiger partial charge in [-0.1, -0.05) is 35.5 Å². The maximum absolute atomic E-state index is 11.8. The minimum absolute atomic E-state index is 0.277. The number of hydrogen-bond donors (Lipinski definition) is 1. The number of hydrogen-bond acceptors (Lipinski definition) is 4. The molecule has 3 aromatic rings. The molecule has 1 N–H and O–H groups in total.